The van der Waals surface area contributed by atoms with E-state index < -0.39 is 17.8 Å². The number of anilines is 1. The summed E-state index contributed by atoms with van der Waals surface area (Å²) in [6.07, 6.45) is -4.59. The minimum atomic E-state index is -4.59. The van der Waals surface area contributed by atoms with Crippen LogP contribution in [-0.2, 0) is 6.18 Å². The van der Waals surface area contributed by atoms with E-state index in [2.05, 4.69) is 14.3 Å². The first-order valence-corrected chi connectivity index (χ1v) is 6.19. The van der Waals surface area contributed by atoms with Gasteiger partial charge in [0.25, 0.3) is 5.91 Å². The predicted molar refractivity (Wildman–Crippen MR) is 66.6 cm³/mol. The summed E-state index contributed by atoms with van der Waals surface area (Å²) < 4.78 is 41.6. The van der Waals surface area contributed by atoms with Crippen molar-refractivity contribution in [2.45, 2.75) is 13.1 Å². The van der Waals surface area contributed by atoms with Gasteiger partial charge >= 0.3 is 6.18 Å². The molecule has 0 aliphatic carbocycles. The van der Waals surface area contributed by atoms with Gasteiger partial charge in [-0.3, -0.25) is 9.69 Å². The number of pyridine rings is 1. The van der Waals surface area contributed by atoms with E-state index in [0.717, 1.165) is 28.6 Å². The molecule has 0 aliphatic heterocycles. The lowest BCUT2D eigenvalue weighted by atomic mass is 10.2. The van der Waals surface area contributed by atoms with Gasteiger partial charge in [-0.1, -0.05) is 6.07 Å². The summed E-state index contributed by atoms with van der Waals surface area (Å²) in [6.45, 7) is 1.65. The summed E-state index contributed by atoms with van der Waals surface area (Å²) in [6, 6.07) is 3.18. The lowest BCUT2D eigenvalue weighted by Gasteiger charge is -2.13. The Hall–Kier alpha value is -2.03. The first-order chi connectivity index (χ1) is 9.29. The van der Waals surface area contributed by atoms with Crippen LogP contribution in [0.3, 0.4) is 0 Å². The number of alkyl halides is 3. The Morgan fingerprint density at radius 2 is 2.00 bits per heavy atom. The highest BCUT2D eigenvalue weighted by Crippen LogP contribution is 2.27. The van der Waals surface area contributed by atoms with Crippen LogP contribution < -0.4 is 4.90 Å². The summed E-state index contributed by atoms with van der Waals surface area (Å²) in [7, 11) is 1.41. The fourth-order valence-electron chi connectivity index (χ4n) is 1.39. The summed E-state index contributed by atoms with van der Waals surface area (Å²) in [5, 5.41) is 0.298. The number of nitrogens with zero attached hydrogens (tertiary/aromatic N) is 4. The molecule has 5 nitrogen and oxygen atoms in total. The number of carbonyl (C=O) groups is 1. The number of halogens is 3. The topological polar surface area (TPSA) is 59.0 Å². The van der Waals surface area contributed by atoms with Crippen molar-refractivity contribution in [1.29, 1.82) is 0 Å². The van der Waals surface area contributed by atoms with Gasteiger partial charge in [0.05, 0.1) is 0 Å². The molecule has 1 amide bonds. The number of hydrogen-bond donors (Lipinski definition) is 0. The molecule has 2 aromatic heterocycles. The second kappa shape index (κ2) is 5.16. The second-order valence-corrected chi connectivity index (χ2v) is 4.62. The van der Waals surface area contributed by atoms with Crippen LogP contribution >= 0.6 is 11.5 Å². The molecule has 0 saturated carbocycles. The Labute approximate surface area is 116 Å². The zero-order valence-corrected chi connectivity index (χ0v) is 11.3. The summed E-state index contributed by atoms with van der Waals surface area (Å²) in [5.74, 6) is -0.186. The lowest BCUT2D eigenvalue weighted by Crippen LogP contribution is -2.27. The van der Waals surface area contributed by atoms with Gasteiger partial charge in [-0.25, -0.2) is 9.97 Å². The van der Waals surface area contributed by atoms with Crippen LogP contribution in [0.5, 0.6) is 0 Å². The number of amides is 1. The number of carbonyl (C=O) groups excluding carboxylic acids is 1. The van der Waals surface area contributed by atoms with Crippen molar-refractivity contribution in [1.82, 2.24) is 14.3 Å². The van der Waals surface area contributed by atoms with Gasteiger partial charge < -0.3 is 0 Å². The lowest BCUT2D eigenvalue weighted by molar-refractivity contribution is -0.141. The SMILES string of the molecule is Cc1nsc(N(C)C(=O)c2cccc(C(F)(F)F)n2)n1. The van der Waals surface area contributed by atoms with Gasteiger partial charge in [-0.2, -0.15) is 17.5 Å². The van der Waals surface area contributed by atoms with Gasteiger partial charge in [-0.05, 0) is 19.1 Å². The molecule has 9 heteroatoms. The fourth-order valence-corrected chi connectivity index (χ4v) is 2.03. The molecule has 0 aromatic carbocycles. The average molecular weight is 302 g/mol. The number of rotatable bonds is 2. The van der Waals surface area contributed by atoms with E-state index in [1.54, 1.807) is 6.92 Å². The molecule has 0 saturated heterocycles. The van der Waals surface area contributed by atoms with E-state index in [9.17, 15) is 18.0 Å². The molecule has 0 fully saturated rings. The Balaban J connectivity index is 2.29. The maximum absolute atomic E-state index is 12.6. The zero-order chi connectivity index (χ0) is 14.9. The van der Waals surface area contributed by atoms with E-state index in [1.165, 1.54) is 13.1 Å². The third kappa shape index (κ3) is 2.93. The number of hydrogen-bond acceptors (Lipinski definition) is 5. The third-order valence-electron chi connectivity index (χ3n) is 2.37. The van der Waals surface area contributed by atoms with Crippen LogP contribution in [-0.4, -0.2) is 27.3 Å². The molecule has 2 aromatic rings. The van der Waals surface area contributed by atoms with Crippen LogP contribution in [0, 0.1) is 6.92 Å². The largest absolute Gasteiger partial charge is 0.433 e. The maximum atomic E-state index is 12.6. The summed E-state index contributed by atoms with van der Waals surface area (Å²) >= 11 is 0.984. The first-order valence-electron chi connectivity index (χ1n) is 5.41. The Kier molecular flexibility index (Phi) is 3.71. The fraction of sp³-hybridized carbons (Fsp3) is 0.273. The highest BCUT2D eigenvalue weighted by atomic mass is 32.1. The molecule has 0 aliphatic rings. The molecule has 0 radical (unpaired) electrons. The van der Waals surface area contributed by atoms with Crippen molar-refractivity contribution in [2.75, 3.05) is 11.9 Å². The van der Waals surface area contributed by atoms with E-state index in [-0.39, 0.29) is 5.69 Å². The quantitative estimate of drug-likeness (QED) is 0.855. The minimum Gasteiger partial charge on any atom is -0.285 e. The smallest absolute Gasteiger partial charge is 0.285 e. The average Bonchev–Trinajstić information content (AvgIpc) is 2.83. The van der Waals surface area contributed by atoms with E-state index in [1.807, 2.05) is 0 Å². The highest BCUT2D eigenvalue weighted by molar-refractivity contribution is 7.09. The van der Waals surface area contributed by atoms with E-state index in [4.69, 9.17) is 0 Å². The van der Waals surface area contributed by atoms with Gasteiger partial charge in [0, 0.05) is 18.6 Å². The first kappa shape index (κ1) is 14.4. The van der Waals surface area contributed by atoms with Crippen molar-refractivity contribution in [3.05, 3.63) is 35.4 Å². The molecular formula is C11H9F3N4OS. The van der Waals surface area contributed by atoms with Crippen LogP contribution in [0.4, 0.5) is 18.3 Å². The van der Waals surface area contributed by atoms with Gasteiger partial charge in [0.1, 0.15) is 17.2 Å². The Bertz CT molecular complexity index is 641. The number of aryl methyl sites for hydroxylation is 1. The van der Waals surface area contributed by atoms with Gasteiger partial charge in [0.15, 0.2) is 0 Å². The molecule has 0 N–H and O–H groups in total. The predicted octanol–water partition coefficient (Wildman–Crippen LogP) is 2.54. The van der Waals surface area contributed by atoms with E-state index in [0.29, 0.717) is 11.0 Å². The van der Waals surface area contributed by atoms with Crippen LogP contribution in [0.25, 0.3) is 0 Å². The van der Waals surface area contributed by atoms with E-state index >= 15 is 0 Å². The zero-order valence-electron chi connectivity index (χ0n) is 10.5. The molecule has 0 bridgehead atoms. The van der Waals surface area contributed by atoms with Crippen molar-refractivity contribution in [3.63, 3.8) is 0 Å². The number of aromatic nitrogens is 3. The monoisotopic (exact) mass is 302 g/mol. The molecule has 2 rings (SSSR count). The molecule has 2 heterocycles. The maximum Gasteiger partial charge on any atom is 0.433 e. The third-order valence-corrected chi connectivity index (χ3v) is 3.25. The van der Waals surface area contributed by atoms with Crippen molar-refractivity contribution < 1.29 is 18.0 Å². The summed E-state index contributed by atoms with van der Waals surface area (Å²) in [5.41, 5.74) is -1.40. The van der Waals surface area contributed by atoms with Gasteiger partial charge in [0.2, 0.25) is 5.13 Å². The molecule has 106 valence electrons. The second-order valence-electron chi connectivity index (χ2n) is 3.89. The highest BCUT2D eigenvalue weighted by Gasteiger charge is 2.33. The summed E-state index contributed by atoms with van der Waals surface area (Å²) in [4.78, 5) is 20.5. The molecule has 20 heavy (non-hydrogen) atoms. The minimum absolute atomic E-state index is 0.296. The molecule has 0 spiro atoms. The van der Waals surface area contributed by atoms with Crippen LogP contribution in [0.2, 0.25) is 0 Å². The van der Waals surface area contributed by atoms with Crippen LogP contribution in [0.15, 0.2) is 18.2 Å². The van der Waals surface area contributed by atoms with Crippen molar-refractivity contribution in [3.8, 4) is 0 Å². The Morgan fingerprint density at radius 1 is 1.30 bits per heavy atom. The normalized spacial score (nSPS) is 11.4. The van der Waals surface area contributed by atoms with Crippen LogP contribution in [0.1, 0.15) is 22.0 Å². The molecular weight excluding hydrogens is 293 g/mol. The Morgan fingerprint density at radius 3 is 2.55 bits per heavy atom. The molecule has 0 atom stereocenters. The standard InChI is InChI=1S/C11H9F3N4OS/c1-6-15-10(20-17-6)18(2)9(19)7-4-3-5-8(16-7)11(12,13)14/h3-5H,1-2H3. The van der Waals surface area contributed by atoms with Crippen molar-refractivity contribution in [2.24, 2.45) is 0 Å². The van der Waals surface area contributed by atoms with Gasteiger partial charge in [-0.15, -0.1) is 0 Å². The molecule has 0 unspecified atom stereocenters. The van der Waals surface area contributed by atoms with Crippen molar-refractivity contribution >= 4 is 22.6 Å².